The molecule has 0 spiro atoms. The largest absolute Gasteiger partial charge is 0.0654 e. The van der Waals surface area contributed by atoms with E-state index in [0.717, 1.165) is 17.8 Å². The Balaban J connectivity index is 4.02. The molecule has 0 aromatic heterocycles. The first kappa shape index (κ1) is 12.0. The average molecular weight is 170 g/mol. The molecule has 0 rings (SSSR count). The van der Waals surface area contributed by atoms with Crippen molar-refractivity contribution in [3.05, 3.63) is 0 Å². The highest BCUT2D eigenvalue weighted by Gasteiger charge is 2.20. The summed E-state index contributed by atoms with van der Waals surface area (Å²) in [6.45, 7) is 11.7. The van der Waals surface area contributed by atoms with Crippen LogP contribution in [0.3, 0.4) is 0 Å². The molecular formula is C12H26. The standard InChI is InChI=1S/C12H26/c1-6-9-11(7-2)12(8-3)10(4)5/h10-12H,6-9H2,1-5H3. The molecule has 0 saturated heterocycles. The lowest BCUT2D eigenvalue weighted by atomic mass is 9.78. The zero-order valence-electron chi connectivity index (χ0n) is 9.56. The lowest BCUT2D eigenvalue weighted by Crippen LogP contribution is -2.18. The number of hydrogen-bond acceptors (Lipinski definition) is 0. The molecule has 0 aromatic carbocycles. The van der Waals surface area contributed by atoms with Crippen LogP contribution in [0.15, 0.2) is 0 Å². The molecule has 2 atom stereocenters. The van der Waals surface area contributed by atoms with Gasteiger partial charge in [0, 0.05) is 0 Å². The van der Waals surface area contributed by atoms with Gasteiger partial charge in [0.15, 0.2) is 0 Å². The van der Waals surface area contributed by atoms with Crippen LogP contribution in [-0.4, -0.2) is 0 Å². The van der Waals surface area contributed by atoms with Gasteiger partial charge in [0.25, 0.3) is 0 Å². The number of rotatable bonds is 6. The summed E-state index contributed by atoms with van der Waals surface area (Å²) in [6, 6.07) is 0. The Bertz CT molecular complexity index is 94.2. The molecule has 0 aliphatic heterocycles. The zero-order chi connectivity index (χ0) is 9.56. The van der Waals surface area contributed by atoms with Crippen LogP contribution in [0.1, 0.15) is 60.3 Å². The minimum atomic E-state index is 0.867. The lowest BCUT2D eigenvalue weighted by Gasteiger charge is -2.28. The van der Waals surface area contributed by atoms with E-state index in [1.807, 2.05) is 0 Å². The maximum Gasteiger partial charge on any atom is -0.0365 e. The van der Waals surface area contributed by atoms with Gasteiger partial charge in [-0.25, -0.2) is 0 Å². The Morgan fingerprint density at radius 2 is 1.50 bits per heavy atom. The fourth-order valence-electron chi connectivity index (χ4n) is 2.44. The smallest absolute Gasteiger partial charge is 0.0365 e. The zero-order valence-corrected chi connectivity index (χ0v) is 9.56. The van der Waals surface area contributed by atoms with Gasteiger partial charge in [-0.15, -0.1) is 0 Å². The third kappa shape index (κ3) is 3.60. The normalized spacial score (nSPS) is 16.5. The van der Waals surface area contributed by atoms with Gasteiger partial charge in [-0.2, -0.15) is 0 Å². The molecule has 0 radical (unpaired) electrons. The quantitative estimate of drug-likeness (QED) is 0.551. The highest BCUT2D eigenvalue weighted by molar-refractivity contribution is 4.70. The maximum atomic E-state index is 2.37. The molecule has 0 heteroatoms. The monoisotopic (exact) mass is 170 g/mol. The predicted molar refractivity (Wildman–Crippen MR) is 57.3 cm³/mol. The molecule has 0 aliphatic carbocycles. The van der Waals surface area contributed by atoms with Crippen molar-refractivity contribution in [3.63, 3.8) is 0 Å². The fourth-order valence-corrected chi connectivity index (χ4v) is 2.44. The van der Waals surface area contributed by atoms with Crippen molar-refractivity contribution in [2.45, 2.75) is 60.3 Å². The highest BCUT2D eigenvalue weighted by Crippen LogP contribution is 2.29. The molecule has 0 N–H and O–H groups in total. The minimum Gasteiger partial charge on any atom is -0.0654 e. The summed E-state index contributed by atoms with van der Waals surface area (Å²) in [5, 5.41) is 0. The van der Waals surface area contributed by atoms with Gasteiger partial charge in [0.05, 0.1) is 0 Å². The summed E-state index contributed by atoms with van der Waals surface area (Å²) in [7, 11) is 0. The van der Waals surface area contributed by atoms with Crippen molar-refractivity contribution in [2.24, 2.45) is 17.8 Å². The van der Waals surface area contributed by atoms with Gasteiger partial charge in [-0.05, 0) is 17.8 Å². The van der Waals surface area contributed by atoms with E-state index in [1.165, 1.54) is 25.7 Å². The van der Waals surface area contributed by atoms with Gasteiger partial charge >= 0.3 is 0 Å². The van der Waals surface area contributed by atoms with E-state index in [4.69, 9.17) is 0 Å². The van der Waals surface area contributed by atoms with Crippen LogP contribution in [0.25, 0.3) is 0 Å². The van der Waals surface area contributed by atoms with Crippen molar-refractivity contribution < 1.29 is 0 Å². The molecule has 74 valence electrons. The van der Waals surface area contributed by atoms with E-state index in [-0.39, 0.29) is 0 Å². The van der Waals surface area contributed by atoms with E-state index < -0.39 is 0 Å². The van der Waals surface area contributed by atoms with E-state index in [0.29, 0.717) is 0 Å². The molecule has 0 aliphatic rings. The molecule has 2 unspecified atom stereocenters. The fraction of sp³-hybridized carbons (Fsp3) is 1.00. The van der Waals surface area contributed by atoms with Crippen LogP contribution in [0, 0.1) is 17.8 Å². The predicted octanol–water partition coefficient (Wildman–Crippen LogP) is 4.49. The van der Waals surface area contributed by atoms with Crippen molar-refractivity contribution >= 4 is 0 Å². The lowest BCUT2D eigenvalue weighted by molar-refractivity contribution is 0.224. The first-order valence-corrected chi connectivity index (χ1v) is 5.67. The molecule has 0 heterocycles. The van der Waals surface area contributed by atoms with Gasteiger partial charge in [-0.1, -0.05) is 60.3 Å². The Hall–Kier alpha value is 0. The van der Waals surface area contributed by atoms with Crippen molar-refractivity contribution in [2.75, 3.05) is 0 Å². The summed E-state index contributed by atoms with van der Waals surface area (Å²) >= 11 is 0. The third-order valence-corrected chi connectivity index (χ3v) is 3.12. The van der Waals surface area contributed by atoms with E-state index in [9.17, 15) is 0 Å². The second kappa shape index (κ2) is 6.51. The SMILES string of the molecule is CCCC(CC)C(CC)C(C)C. The molecule has 12 heavy (non-hydrogen) atoms. The topological polar surface area (TPSA) is 0 Å². The summed E-state index contributed by atoms with van der Waals surface area (Å²) in [4.78, 5) is 0. The Kier molecular flexibility index (Phi) is 6.51. The summed E-state index contributed by atoms with van der Waals surface area (Å²) in [5.41, 5.74) is 0. The van der Waals surface area contributed by atoms with Crippen LogP contribution in [0.5, 0.6) is 0 Å². The number of hydrogen-bond donors (Lipinski definition) is 0. The van der Waals surface area contributed by atoms with Crippen molar-refractivity contribution in [1.82, 2.24) is 0 Å². The van der Waals surface area contributed by atoms with Crippen LogP contribution >= 0.6 is 0 Å². The second-order valence-corrected chi connectivity index (χ2v) is 4.27. The van der Waals surface area contributed by atoms with Crippen LogP contribution < -0.4 is 0 Å². The van der Waals surface area contributed by atoms with Crippen LogP contribution in [0.4, 0.5) is 0 Å². The molecule has 0 aromatic rings. The molecule has 0 nitrogen and oxygen atoms in total. The van der Waals surface area contributed by atoms with Gasteiger partial charge in [-0.3, -0.25) is 0 Å². The first-order chi connectivity index (χ1) is 5.67. The van der Waals surface area contributed by atoms with Crippen LogP contribution in [-0.2, 0) is 0 Å². The van der Waals surface area contributed by atoms with E-state index in [2.05, 4.69) is 34.6 Å². The average Bonchev–Trinajstić information content (AvgIpc) is 2.03. The van der Waals surface area contributed by atoms with Crippen molar-refractivity contribution in [1.29, 1.82) is 0 Å². The Morgan fingerprint density at radius 1 is 0.917 bits per heavy atom. The van der Waals surface area contributed by atoms with Gasteiger partial charge < -0.3 is 0 Å². The Labute approximate surface area is 78.8 Å². The first-order valence-electron chi connectivity index (χ1n) is 5.67. The third-order valence-electron chi connectivity index (χ3n) is 3.12. The van der Waals surface area contributed by atoms with E-state index >= 15 is 0 Å². The van der Waals surface area contributed by atoms with E-state index in [1.54, 1.807) is 0 Å². The Morgan fingerprint density at radius 3 is 1.75 bits per heavy atom. The highest BCUT2D eigenvalue weighted by atomic mass is 14.3. The summed E-state index contributed by atoms with van der Waals surface area (Å²) < 4.78 is 0. The molecule has 0 fully saturated rings. The minimum absolute atomic E-state index is 0.867. The summed E-state index contributed by atoms with van der Waals surface area (Å²) in [6.07, 6.45) is 5.50. The van der Waals surface area contributed by atoms with Crippen molar-refractivity contribution in [3.8, 4) is 0 Å². The molecular weight excluding hydrogens is 144 g/mol. The molecule has 0 bridgehead atoms. The van der Waals surface area contributed by atoms with Crippen LogP contribution in [0.2, 0.25) is 0 Å². The van der Waals surface area contributed by atoms with Gasteiger partial charge in [0.1, 0.15) is 0 Å². The van der Waals surface area contributed by atoms with Gasteiger partial charge in [0.2, 0.25) is 0 Å². The second-order valence-electron chi connectivity index (χ2n) is 4.27. The molecule has 0 saturated carbocycles. The molecule has 0 amide bonds. The summed E-state index contributed by atoms with van der Waals surface area (Å²) in [5.74, 6) is 2.79. The maximum absolute atomic E-state index is 2.37.